The van der Waals surface area contributed by atoms with Crippen LogP contribution in [0.15, 0.2) is 30.3 Å². The predicted octanol–water partition coefficient (Wildman–Crippen LogP) is 6.57. The number of thiophene rings is 1. The highest BCUT2D eigenvalue weighted by Crippen LogP contribution is 2.41. The lowest BCUT2D eigenvalue weighted by atomic mass is 9.80. The molecule has 0 saturated heterocycles. The number of anilines is 1. The zero-order valence-corrected chi connectivity index (χ0v) is 22.0. The molecule has 1 heterocycles. The molecular weight excluding hydrogens is 460 g/mol. The summed E-state index contributed by atoms with van der Waals surface area (Å²) in [5.41, 5.74) is 2.73. The van der Waals surface area contributed by atoms with Gasteiger partial charge in [0.2, 0.25) is 0 Å². The predicted molar refractivity (Wildman–Crippen MR) is 142 cm³/mol. The second-order valence-electron chi connectivity index (χ2n) is 9.48. The molecule has 1 aromatic carbocycles. The molecule has 1 aromatic heterocycles. The van der Waals surface area contributed by atoms with Crippen LogP contribution in [0, 0.1) is 5.92 Å². The molecule has 1 amide bonds. The number of Topliss-reactive ketones (excluding diaryl/α,β-unsaturated/α-hetero) is 1. The molecule has 2 N–H and O–H groups in total. The van der Waals surface area contributed by atoms with Gasteiger partial charge in [-0.1, -0.05) is 33.1 Å². The number of hydrogen-bond donors (Lipinski definition) is 2. The number of rotatable bonds is 12. The largest absolute Gasteiger partial charge is 0.481 e. The van der Waals surface area contributed by atoms with E-state index in [2.05, 4.69) is 18.3 Å². The molecule has 1 fully saturated rings. The number of carboxylic acid groups (broad SMARTS) is 1. The lowest BCUT2D eigenvalue weighted by Crippen LogP contribution is -2.29. The van der Waals surface area contributed by atoms with Crippen molar-refractivity contribution in [1.82, 2.24) is 4.90 Å². The highest BCUT2D eigenvalue weighted by atomic mass is 32.1. The van der Waals surface area contributed by atoms with Crippen molar-refractivity contribution in [3.8, 4) is 0 Å². The fourth-order valence-electron chi connectivity index (χ4n) is 4.86. The second kappa shape index (κ2) is 12.9. The van der Waals surface area contributed by atoms with Crippen LogP contribution in [0.5, 0.6) is 0 Å². The van der Waals surface area contributed by atoms with Crippen LogP contribution in [0.4, 0.5) is 5.69 Å². The molecule has 3 rings (SSSR count). The zero-order valence-electron chi connectivity index (χ0n) is 21.1. The molecule has 1 aliphatic rings. The average Bonchev–Trinajstić information content (AvgIpc) is 3.31. The summed E-state index contributed by atoms with van der Waals surface area (Å²) in [5, 5.41) is 12.6. The maximum Gasteiger partial charge on any atom is 0.305 e. The summed E-state index contributed by atoms with van der Waals surface area (Å²) >= 11 is 1.65. The molecule has 7 heteroatoms. The van der Waals surface area contributed by atoms with Gasteiger partial charge in [-0.3, -0.25) is 14.4 Å². The molecular formula is C28H38N2O4S. The minimum Gasteiger partial charge on any atom is -0.481 e. The topological polar surface area (TPSA) is 86.7 Å². The molecule has 1 atom stereocenters. The third-order valence-electron chi connectivity index (χ3n) is 6.83. The summed E-state index contributed by atoms with van der Waals surface area (Å²) in [7, 11) is 1.62. The fraction of sp³-hybridized carbons (Fsp3) is 0.536. The number of nitrogens with one attached hydrogen (secondary N) is 1. The fourth-order valence-corrected chi connectivity index (χ4v) is 5.98. The van der Waals surface area contributed by atoms with Crippen molar-refractivity contribution in [2.45, 2.75) is 77.7 Å². The Labute approximate surface area is 212 Å². The molecule has 0 radical (unpaired) electrons. The second-order valence-corrected chi connectivity index (χ2v) is 10.6. The van der Waals surface area contributed by atoms with Gasteiger partial charge in [0.15, 0.2) is 5.78 Å². The van der Waals surface area contributed by atoms with Gasteiger partial charge in [-0.15, -0.1) is 11.3 Å². The summed E-state index contributed by atoms with van der Waals surface area (Å²) in [5.74, 6) is -0.374. The third-order valence-corrected chi connectivity index (χ3v) is 8.17. The van der Waals surface area contributed by atoms with E-state index in [-0.39, 0.29) is 30.7 Å². The van der Waals surface area contributed by atoms with E-state index < -0.39 is 5.97 Å². The van der Waals surface area contributed by atoms with Crippen molar-refractivity contribution in [2.24, 2.45) is 5.92 Å². The summed E-state index contributed by atoms with van der Waals surface area (Å²) in [6.07, 6.45) is 8.34. The summed E-state index contributed by atoms with van der Waals surface area (Å²) < 4.78 is 0. The number of nitrogens with zero attached hydrogens (tertiary/aromatic N) is 1. The lowest BCUT2D eigenvalue weighted by Gasteiger charge is -2.32. The number of carboxylic acids is 1. The van der Waals surface area contributed by atoms with E-state index in [9.17, 15) is 14.4 Å². The Morgan fingerprint density at radius 2 is 1.77 bits per heavy atom. The van der Waals surface area contributed by atoms with Gasteiger partial charge in [0, 0.05) is 36.1 Å². The van der Waals surface area contributed by atoms with E-state index in [1.54, 1.807) is 30.5 Å². The Balaban J connectivity index is 1.82. The first-order valence-electron chi connectivity index (χ1n) is 12.8. The molecule has 190 valence electrons. The smallest absolute Gasteiger partial charge is 0.305 e. The highest BCUT2D eigenvalue weighted by Gasteiger charge is 2.29. The maximum atomic E-state index is 12.6. The van der Waals surface area contributed by atoms with Gasteiger partial charge < -0.3 is 15.3 Å². The van der Waals surface area contributed by atoms with E-state index in [0.717, 1.165) is 23.4 Å². The van der Waals surface area contributed by atoms with Crippen molar-refractivity contribution >= 4 is 34.7 Å². The number of benzene rings is 1. The Hall–Kier alpha value is -2.67. The van der Waals surface area contributed by atoms with E-state index in [4.69, 9.17) is 5.11 Å². The monoisotopic (exact) mass is 498 g/mol. The number of aliphatic carboxylic acids is 1. The number of amides is 1. The normalized spacial score (nSPS) is 14.9. The van der Waals surface area contributed by atoms with E-state index in [1.807, 2.05) is 19.1 Å². The van der Waals surface area contributed by atoms with Crippen LogP contribution in [0.2, 0.25) is 0 Å². The zero-order chi connectivity index (χ0) is 25.4. The summed E-state index contributed by atoms with van der Waals surface area (Å²) in [6, 6.07) is 9.70. The maximum absolute atomic E-state index is 12.6. The molecule has 2 aromatic rings. The standard InChI is InChI=1S/C28H38N2O4S/c1-4-9-23(31)25-18-22(24(5-2)35-25)27(19-10-7-6-8-11-19)29-21-14-12-20(13-15-21)28(34)30(3)17-16-26(32)33/h12-15,18-19,27,29H,4-11,16-17H2,1-3H3,(H,32,33). The summed E-state index contributed by atoms with van der Waals surface area (Å²) in [6.45, 7) is 4.37. The van der Waals surface area contributed by atoms with Gasteiger partial charge in [-0.25, -0.2) is 0 Å². The molecule has 1 saturated carbocycles. The van der Waals surface area contributed by atoms with Gasteiger partial charge in [0.1, 0.15) is 0 Å². The molecule has 1 unspecified atom stereocenters. The Morgan fingerprint density at radius 1 is 1.09 bits per heavy atom. The minimum atomic E-state index is -0.919. The number of carbonyl (C=O) groups is 3. The Morgan fingerprint density at radius 3 is 2.37 bits per heavy atom. The number of aryl methyl sites for hydroxylation is 1. The van der Waals surface area contributed by atoms with Gasteiger partial charge in [-0.05, 0) is 67.5 Å². The van der Waals surface area contributed by atoms with Gasteiger partial charge >= 0.3 is 5.97 Å². The van der Waals surface area contributed by atoms with E-state index in [1.165, 1.54) is 47.4 Å². The van der Waals surface area contributed by atoms with Crippen LogP contribution in [0.25, 0.3) is 0 Å². The first-order valence-corrected chi connectivity index (χ1v) is 13.6. The third kappa shape index (κ3) is 7.17. The van der Waals surface area contributed by atoms with Crippen LogP contribution >= 0.6 is 11.3 Å². The summed E-state index contributed by atoms with van der Waals surface area (Å²) in [4.78, 5) is 39.7. The number of ketones is 1. The van der Waals surface area contributed by atoms with Gasteiger partial charge in [0.25, 0.3) is 5.91 Å². The van der Waals surface area contributed by atoms with Crippen molar-refractivity contribution in [3.63, 3.8) is 0 Å². The molecule has 0 bridgehead atoms. The highest BCUT2D eigenvalue weighted by molar-refractivity contribution is 7.14. The molecule has 1 aliphatic carbocycles. The Kier molecular flexibility index (Phi) is 9.90. The van der Waals surface area contributed by atoms with Crippen molar-refractivity contribution in [2.75, 3.05) is 18.9 Å². The molecule has 35 heavy (non-hydrogen) atoms. The van der Waals surface area contributed by atoms with Gasteiger partial charge in [0.05, 0.1) is 17.3 Å². The van der Waals surface area contributed by atoms with Crippen molar-refractivity contribution in [3.05, 3.63) is 51.2 Å². The molecule has 6 nitrogen and oxygen atoms in total. The van der Waals surface area contributed by atoms with Crippen LogP contribution in [0.1, 0.15) is 102 Å². The van der Waals surface area contributed by atoms with Crippen LogP contribution in [-0.4, -0.2) is 41.3 Å². The van der Waals surface area contributed by atoms with Crippen LogP contribution in [-0.2, 0) is 11.2 Å². The number of hydrogen-bond acceptors (Lipinski definition) is 5. The van der Waals surface area contributed by atoms with Crippen LogP contribution in [0.3, 0.4) is 0 Å². The average molecular weight is 499 g/mol. The molecule has 0 spiro atoms. The van der Waals surface area contributed by atoms with Crippen LogP contribution < -0.4 is 5.32 Å². The van der Waals surface area contributed by atoms with Gasteiger partial charge in [-0.2, -0.15) is 0 Å². The van der Waals surface area contributed by atoms with E-state index in [0.29, 0.717) is 17.9 Å². The molecule has 0 aliphatic heterocycles. The Bertz CT molecular complexity index is 1010. The van der Waals surface area contributed by atoms with Crippen molar-refractivity contribution in [1.29, 1.82) is 0 Å². The first-order chi connectivity index (χ1) is 16.8. The van der Waals surface area contributed by atoms with Crippen molar-refractivity contribution < 1.29 is 19.5 Å². The first kappa shape index (κ1) is 26.9. The number of carbonyl (C=O) groups excluding carboxylic acids is 2. The lowest BCUT2D eigenvalue weighted by molar-refractivity contribution is -0.137. The van der Waals surface area contributed by atoms with E-state index >= 15 is 0 Å². The quantitative estimate of drug-likeness (QED) is 0.323. The minimum absolute atomic E-state index is 0.0753. The SMILES string of the molecule is CCCC(=O)c1cc(C(Nc2ccc(C(=O)N(C)CCC(=O)O)cc2)C2CCCCC2)c(CC)s1.